The molecule has 0 fully saturated rings. The Bertz CT molecular complexity index is 464. The Balaban J connectivity index is 2.46. The van der Waals surface area contributed by atoms with Gasteiger partial charge < -0.3 is 20.5 Å². The number of alkyl halides is 3. The monoisotopic (exact) mass is 306 g/mol. The zero-order valence-electron chi connectivity index (χ0n) is 11.4. The second-order valence-electron chi connectivity index (χ2n) is 4.45. The fraction of sp³-hybridized carbons (Fsp3) is 0.462. The van der Waals surface area contributed by atoms with Crippen LogP contribution in [0.1, 0.15) is 13.3 Å². The Hall–Kier alpha value is -1.96. The third-order valence-electron chi connectivity index (χ3n) is 2.34. The van der Waals surface area contributed by atoms with E-state index in [4.69, 9.17) is 5.11 Å². The van der Waals surface area contributed by atoms with Crippen molar-refractivity contribution in [3.05, 3.63) is 24.3 Å². The van der Waals surface area contributed by atoms with Crippen LogP contribution in [0.25, 0.3) is 0 Å². The van der Waals surface area contributed by atoms with Gasteiger partial charge in [-0.2, -0.15) is 13.2 Å². The highest BCUT2D eigenvalue weighted by Crippen LogP contribution is 2.21. The number of carbonyl (C=O) groups is 1. The summed E-state index contributed by atoms with van der Waals surface area (Å²) in [5.74, 6) is 0.00843. The average Bonchev–Trinajstić information content (AvgIpc) is 2.35. The minimum absolute atomic E-state index is 0.00843. The smallest absolute Gasteiger partial charge is 0.422 e. The Morgan fingerprint density at radius 2 is 2.14 bits per heavy atom. The van der Waals surface area contributed by atoms with E-state index in [1.807, 2.05) is 0 Å². The predicted octanol–water partition coefficient (Wildman–Crippen LogP) is 2.52. The molecule has 3 N–H and O–H groups in total. The highest BCUT2D eigenvalue weighted by atomic mass is 19.4. The van der Waals surface area contributed by atoms with Crippen LogP contribution in [0.3, 0.4) is 0 Å². The van der Waals surface area contributed by atoms with Crippen molar-refractivity contribution < 1.29 is 27.8 Å². The molecule has 0 saturated heterocycles. The Morgan fingerprint density at radius 3 is 2.76 bits per heavy atom. The fourth-order valence-corrected chi connectivity index (χ4v) is 1.40. The molecule has 1 atom stereocenters. The Morgan fingerprint density at radius 1 is 1.43 bits per heavy atom. The van der Waals surface area contributed by atoms with Crippen LogP contribution in [0.2, 0.25) is 0 Å². The minimum atomic E-state index is -4.41. The summed E-state index contributed by atoms with van der Waals surface area (Å²) in [6, 6.07) is 5.14. The highest BCUT2D eigenvalue weighted by molar-refractivity contribution is 5.89. The van der Waals surface area contributed by atoms with Crippen molar-refractivity contribution in [1.29, 1.82) is 0 Å². The van der Waals surface area contributed by atoms with Gasteiger partial charge in [0, 0.05) is 18.3 Å². The molecule has 21 heavy (non-hydrogen) atoms. The number of urea groups is 1. The quantitative estimate of drug-likeness (QED) is 0.756. The molecule has 1 rings (SSSR count). The number of nitrogens with one attached hydrogen (secondary N) is 2. The fourth-order valence-electron chi connectivity index (χ4n) is 1.40. The van der Waals surface area contributed by atoms with Gasteiger partial charge in [-0.15, -0.1) is 0 Å². The van der Waals surface area contributed by atoms with Crippen molar-refractivity contribution in [2.24, 2.45) is 0 Å². The minimum Gasteiger partial charge on any atom is -0.484 e. The van der Waals surface area contributed by atoms with Gasteiger partial charge in [0.25, 0.3) is 0 Å². The van der Waals surface area contributed by atoms with Crippen LogP contribution in [0, 0.1) is 0 Å². The molecule has 0 saturated carbocycles. The number of halogens is 3. The Kier molecular flexibility index (Phi) is 6.29. The number of hydrogen-bond donors (Lipinski definition) is 3. The lowest BCUT2D eigenvalue weighted by Crippen LogP contribution is -2.30. The number of benzene rings is 1. The average molecular weight is 306 g/mol. The van der Waals surface area contributed by atoms with E-state index in [1.165, 1.54) is 24.3 Å². The molecule has 1 aromatic rings. The maximum absolute atomic E-state index is 12.0. The van der Waals surface area contributed by atoms with Crippen molar-refractivity contribution in [2.45, 2.75) is 25.6 Å². The highest BCUT2D eigenvalue weighted by Gasteiger charge is 2.28. The number of aliphatic hydroxyl groups excluding tert-OH is 1. The maximum Gasteiger partial charge on any atom is 0.422 e. The molecular weight excluding hydrogens is 289 g/mol. The summed E-state index contributed by atoms with van der Waals surface area (Å²) in [4.78, 5) is 11.5. The number of hydrogen-bond acceptors (Lipinski definition) is 3. The third-order valence-corrected chi connectivity index (χ3v) is 2.34. The first kappa shape index (κ1) is 17.1. The number of amides is 2. The number of aliphatic hydroxyl groups is 1. The van der Waals surface area contributed by atoms with E-state index in [1.54, 1.807) is 6.92 Å². The SMILES string of the molecule is CC(O)CCNC(=O)Nc1cccc(OCC(F)(F)F)c1. The first-order valence-corrected chi connectivity index (χ1v) is 6.29. The molecule has 1 unspecified atom stereocenters. The van der Waals surface area contributed by atoms with E-state index in [2.05, 4.69) is 15.4 Å². The van der Waals surface area contributed by atoms with E-state index >= 15 is 0 Å². The van der Waals surface area contributed by atoms with Crippen molar-refractivity contribution >= 4 is 11.7 Å². The Labute approximate surface area is 120 Å². The molecule has 2 amide bonds. The van der Waals surface area contributed by atoms with Crippen LogP contribution in [-0.4, -0.2) is 36.6 Å². The second kappa shape index (κ2) is 7.72. The van der Waals surface area contributed by atoms with Gasteiger partial charge >= 0.3 is 12.2 Å². The molecule has 8 heteroatoms. The van der Waals surface area contributed by atoms with Gasteiger partial charge in [-0.1, -0.05) is 6.07 Å². The van der Waals surface area contributed by atoms with Gasteiger partial charge in [0.15, 0.2) is 6.61 Å². The van der Waals surface area contributed by atoms with Gasteiger partial charge in [0.1, 0.15) is 5.75 Å². The first-order chi connectivity index (χ1) is 9.76. The largest absolute Gasteiger partial charge is 0.484 e. The maximum atomic E-state index is 12.0. The number of carbonyl (C=O) groups excluding carboxylic acids is 1. The van der Waals surface area contributed by atoms with E-state index in [0.717, 1.165) is 0 Å². The van der Waals surface area contributed by atoms with Gasteiger partial charge in [-0.05, 0) is 25.5 Å². The summed E-state index contributed by atoms with van der Waals surface area (Å²) in [6.07, 6.45) is -4.53. The van der Waals surface area contributed by atoms with Crippen LogP contribution in [0.15, 0.2) is 24.3 Å². The van der Waals surface area contributed by atoms with Crippen LogP contribution < -0.4 is 15.4 Å². The summed E-state index contributed by atoms with van der Waals surface area (Å²) in [5.41, 5.74) is 0.309. The van der Waals surface area contributed by atoms with E-state index < -0.39 is 24.9 Å². The van der Waals surface area contributed by atoms with Crippen molar-refractivity contribution in [3.63, 3.8) is 0 Å². The molecule has 0 radical (unpaired) electrons. The van der Waals surface area contributed by atoms with Crippen molar-refractivity contribution in [3.8, 4) is 5.75 Å². The van der Waals surface area contributed by atoms with Crippen LogP contribution in [-0.2, 0) is 0 Å². The lowest BCUT2D eigenvalue weighted by molar-refractivity contribution is -0.153. The molecule has 0 aliphatic carbocycles. The molecule has 0 aliphatic heterocycles. The third kappa shape index (κ3) is 8.03. The molecule has 118 valence electrons. The van der Waals surface area contributed by atoms with Gasteiger partial charge in [0.05, 0.1) is 6.10 Å². The second-order valence-corrected chi connectivity index (χ2v) is 4.45. The number of ether oxygens (including phenoxy) is 1. The predicted molar refractivity (Wildman–Crippen MR) is 71.3 cm³/mol. The van der Waals surface area contributed by atoms with Gasteiger partial charge in [0.2, 0.25) is 0 Å². The van der Waals surface area contributed by atoms with E-state index in [-0.39, 0.29) is 12.3 Å². The lowest BCUT2D eigenvalue weighted by atomic mass is 10.3. The van der Waals surface area contributed by atoms with Gasteiger partial charge in [-0.25, -0.2) is 4.79 Å². The van der Waals surface area contributed by atoms with Crippen molar-refractivity contribution in [1.82, 2.24) is 5.32 Å². The first-order valence-electron chi connectivity index (χ1n) is 6.29. The lowest BCUT2D eigenvalue weighted by Gasteiger charge is -2.11. The molecule has 0 heterocycles. The zero-order chi connectivity index (χ0) is 15.9. The normalized spacial score (nSPS) is 12.6. The molecule has 0 aromatic heterocycles. The molecular formula is C13H17F3N2O3. The number of rotatable bonds is 6. The van der Waals surface area contributed by atoms with E-state index in [9.17, 15) is 18.0 Å². The topological polar surface area (TPSA) is 70.6 Å². The molecule has 0 aliphatic rings. The molecule has 0 bridgehead atoms. The number of anilines is 1. The summed E-state index contributed by atoms with van der Waals surface area (Å²) >= 11 is 0. The summed E-state index contributed by atoms with van der Waals surface area (Å²) in [6.45, 7) is 0.492. The summed E-state index contributed by atoms with van der Waals surface area (Å²) < 4.78 is 40.7. The van der Waals surface area contributed by atoms with Crippen LogP contribution in [0.4, 0.5) is 23.7 Å². The standard InChI is InChI=1S/C13H17F3N2O3/c1-9(19)5-6-17-12(20)18-10-3-2-4-11(7-10)21-8-13(14,15)16/h2-4,7,9,19H,5-6,8H2,1H3,(H2,17,18,20). The zero-order valence-corrected chi connectivity index (χ0v) is 11.4. The molecule has 1 aromatic carbocycles. The van der Waals surface area contributed by atoms with Crippen LogP contribution >= 0.6 is 0 Å². The van der Waals surface area contributed by atoms with Crippen molar-refractivity contribution in [2.75, 3.05) is 18.5 Å². The summed E-state index contributed by atoms with van der Waals surface area (Å²) in [5, 5.41) is 14.0. The van der Waals surface area contributed by atoms with Gasteiger partial charge in [-0.3, -0.25) is 0 Å². The van der Waals surface area contributed by atoms with E-state index in [0.29, 0.717) is 12.1 Å². The molecule has 5 nitrogen and oxygen atoms in total. The van der Waals surface area contributed by atoms with Crippen LogP contribution in [0.5, 0.6) is 5.75 Å². The molecule has 0 spiro atoms. The summed E-state index contributed by atoms with van der Waals surface area (Å²) in [7, 11) is 0.